The van der Waals surface area contributed by atoms with Crippen LogP contribution in [0.4, 0.5) is 5.69 Å². The van der Waals surface area contributed by atoms with Crippen LogP contribution in [0.3, 0.4) is 0 Å². The summed E-state index contributed by atoms with van der Waals surface area (Å²) in [6.07, 6.45) is 0. The van der Waals surface area contributed by atoms with Crippen LogP contribution < -0.4 is 5.32 Å². The summed E-state index contributed by atoms with van der Waals surface area (Å²) in [4.78, 5) is 14.4. The summed E-state index contributed by atoms with van der Waals surface area (Å²) in [5, 5.41) is 5.23. The Balaban J connectivity index is 1.57. The van der Waals surface area contributed by atoms with Crippen molar-refractivity contribution in [3.05, 3.63) is 46.8 Å². The van der Waals surface area contributed by atoms with Crippen LogP contribution in [0.25, 0.3) is 0 Å². The molecule has 0 spiro atoms. The summed E-state index contributed by atoms with van der Waals surface area (Å²) in [6.45, 7) is 3.60. The van der Waals surface area contributed by atoms with E-state index < -0.39 is 10.0 Å². The van der Waals surface area contributed by atoms with Crippen molar-refractivity contribution in [1.82, 2.24) is 9.21 Å². The van der Waals surface area contributed by atoms with Crippen LogP contribution in [0, 0.1) is 0 Å². The normalized spacial score (nSPS) is 17.8. The molecule has 0 saturated carbocycles. The molecule has 6 nitrogen and oxygen atoms in total. The second-order valence-corrected chi connectivity index (χ2v) is 9.59. The molecule has 3 rings (SSSR count). The first kappa shape index (κ1) is 19.3. The molecule has 1 saturated heterocycles. The van der Waals surface area contributed by atoms with Crippen molar-refractivity contribution in [2.75, 3.05) is 31.5 Å². The minimum atomic E-state index is -3.43. The molecule has 1 amide bonds. The molecule has 1 aromatic heterocycles. The number of thiophene rings is 1. The number of hydrogen-bond donors (Lipinski definition) is 1. The lowest BCUT2D eigenvalue weighted by atomic mass is 10.2. The van der Waals surface area contributed by atoms with Crippen molar-refractivity contribution in [3.63, 3.8) is 0 Å². The Morgan fingerprint density at radius 1 is 1.15 bits per heavy atom. The molecule has 0 unspecified atom stereocenters. The van der Waals surface area contributed by atoms with Gasteiger partial charge in [-0.05, 0) is 42.6 Å². The summed E-state index contributed by atoms with van der Waals surface area (Å²) in [6, 6.07) is 9.94. The van der Waals surface area contributed by atoms with Crippen molar-refractivity contribution in [3.8, 4) is 0 Å². The summed E-state index contributed by atoms with van der Waals surface area (Å²) >= 11 is 7.07. The molecule has 1 N–H and O–H groups in total. The zero-order chi connectivity index (χ0) is 18.7. The average Bonchev–Trinajstić information content (AvgIpc) is 3.18. The van der Waals surface area contributed by atoms with Gasteiger partial charge >= 0.3 is 0 Å². The van der Waals surface area contributed by atoms with E-state index in [0.717, 1.165) is 0 Å². The number of anilines is 1. The Morgan fingerprint density at radius 2 is 1.81 bits per heavy atom. The number of halogens is 1. The summed E-state index contributed by atoms with van der Waals surface area (Å²) in [7, 11) is -3.43. The highest BCUT2D eigenvalue weighted by molar-refractivity contribution is 7.91. The molecule has 2 heterocycles. The number of nitrogens with zero attached hydrogens (tertiary/aromatic N) is 2. The highest BCUT2D eigenvalue weighted by Gasteiger charge is 2.32. The van der Waals surface area contributed by atoms with Gasteiger partial charge < -0.3 is 5.32 Å². The van der Waals surface area contributed by atoms with Crippen LogP contribution in [0.15, 0.2) is 46.0 Å². The monoisotopic (exact) mass is 413 g/mol. The molecule has 1 aromatic carbocycles. The zero-order valence-corrected chi connectivity index (χ0v) is 16.6. The number of piperazine rings is 1. The first-order valence-electron chi connectivity index (χ1n) is 8.22. The minimum Gasteiger partial charge on any atom is -0.325 e. The van der Waals surface area contributed by atoms with Crippen molar-refractivity contribution in [2.45, 2.75) is 17.2 Å². The Morgan fingerprint density at radius 3 is 2.38 bits per heavy atom. The molecule has 1 aliphatic heterocycles. The lowest BCUT2D eigenvalue weighted by molar-refractivity contribution is -0.121. The number of sulfonamides is 1. The van der Waals surface area contributed by atoms with Crippen LogP contribution >= 0.6 is 22.9 Å². The lowest BCUT2D eigenvalue weighted by Crippen LogP contribution is -2.53. The fraction of sp³-hybridized carbons (Fsp3) is 0.353. The van der Waals surface area contributed by atoms with E-state index in [4.69, 9.17) is 11.6 Å². The van der Waals surface area contributed by atoms with Crippen molar-refractivity contribution in [1.29, 1.82) is 0 Å². The Labute approximate surface area is 162 Å². The molecule has 1 atom stereocenters. The van der Waals surface area contributed by atoms with E-state index in [1.807, 2.05) is 11.8 Å². The summed E-state index contributed by atoms with van der Waals surface area (Å²) < 4.78 is 27.0. The zero-order valence-electron chi connectivity index (χ0n) is 14.3. The van der Waals surface area contributed by atoms with Gasteiger partial charge in [-0.15, -0.1) is 11.3 Å². The SMILES string of the molecule is C[C@@H](C(=O)Nc1ccc(Cl)cc1)N1CCN(S(=O)(=O)c2cccs2)CC1. The molecule has 0 aliphatic carbocycles. The van der Waals surface area contributed by atoms with Gasteiger partial charge in [0.1, 0.15) is 4.21 Å². The molecule has 26 heavy (non-hydrogen) atoms. The number of hydrogen-bond acceptors (Lipinski definition) is 5. The predicted molar refractivity (Wildman–Crippen MR) is 104 cm³/mol. The van der Waals surface area contributed by atoms with Crippen molar-refractivity contribution < 1.29 is 13.2 Å². The minimum absolute atomic E-state index is 0.123. The highest BCUT2D eigenvalue weighted by atomic mass is 35.5. The molecular weight excluding hydrogens is 394 g/mol. The third kappa shape index (κ3) is 4.27. The fourth-order valence-electron chi connectivity index (χ4n) is 2.81. The molecular formula is C17H20ClN3O3S2. The fourth-order valence-corrected chi connectivity index (χ4v) is 5.51. The number of nitrogens with one attached hydrogen (secondary N) is 1. The van der Waals surface area contributed by atoms with E-state index >= 15 is 0 Å². The van der Waals surface area contributed by atoms with Crippen LogP contribution in [-0.4, -0.2) is 55.8 Å². The first-order chi connectivity index (χ1) is 12.4. The van der Waals surface area contributed by atoms with E-state index in [1.54, 1.807) is 41.8 Å². The van der Waals surface area contributed by atoms with E-state index in [9.17, 15) is 13.2 Å². The van der Waals surface area contributed by atoms with Gasteiger partial charge in [-0.2, -0.15) is 4.31 Å². The second kappa shape index (κ2) is 8.06. The molecule has 0 radical (unpaired) electrons. The quantitative estimate of drug-likeness (QED) is 0.818. The number of benzene rings is 1. The van der Waals surface area contributed by atoms with Gasteiger partial charge in [0.2, 0.25) is 5.91 Å². The maximum absolute atomic E-state index is 12.6. The largest absolute Gasteiger partial charge is 0.325 e. The lowest BCUT2D eigenvalue weighted by Gasteiger charge is -2.36. The van der Waals surface area contributed by atoms with Gasteiger partial charge in [0.15, 0.2) is 0 Å². The van der Waals surface area contributed by atoms with Gasteiger partial charge in [0, 0.05) is 36.9 Å². The standard InChI is InChI=1S/C17H20ClN3O3S2/c1-13(17(22)19-15-6-4-14(18)5-7-15)20-8-10-21(11-9-20)26(23,24)16-3-2-12-25-16/h2-7,12-13H,8-11H2,1H3,(H,19,22)/t13-/m0/s1. The van der Waals surface area contributed by atoms with Crippen LogP contribution in [-0.2, 0) is 14.8 Å². The average molecular weight is 414 g/mol. The highest BCUT2D eigenvalue weighted by Crippen LogP contribution is 2.22. The summed E-state index contributed by atoms with van der Waals surface area (Å²) in [5.41, 5.74) is 0.685. The van der Waals surface area contributed by atoms with E-state index in [2.05, 4.69) is 5.32 Å². The molecule has 9 heteroatoms. The number of carbonyl (C=O) groups is 1. The first-order valence-corrected chi connectivity index (χ1v) is 10.9. The number of rotatable bonds is 5. The van der Waals surface area contributed by atoms with Gasteiger partial charge in [-0.3, -0.25) is 9.69 Å². The molecule has 140 valence electrons. The van der Waals surface area contributed by atoms with Gasteiger partial charge in [0.05, 0.1) is 6.04 Å². The van der Waals surface area contributed by atoms with Gasteiger partial charge in [-0.25, -0.2) is 8.42 Å². The van der Waals surface area contributed by atoms with Gasteiger partial charge in [0.25, 0.3) is 10.0 Å². The molecule has 0 bridgehead atoms. The number of carbonyl (C=O) groups excluding carboxylic acids is 1. The Bertz CT molecular complexity index is 846. The second-order valence-electron chi connectivity index (χ2n) is 6.04. The van der Waals surface area contributed by atoms with E-state index in [1.165, 1.54) is 15.6 Å². The predicted octanol–water partition coefficient (Wildman–Crippen LogP) is 2.74. The molecule has 2 aromatic rings. The maximum atomic E-state index is 12.6. The smallest absolute Gasteiger partial charge is 0.252 e. The third-order valence-electron chi connectivity index (χ3n) is 4.40. The third-order valence-corrected chi connectivity index (χ3v) is 7.93. The van der Waals surface area contributed by atoms with Crippen molar-refractivity contribution in [2.24, 2.45) is 0 Å². The Kier molecular flexibility index (Phi) is 5.99. The van der Waals surface area contributed by atoms with Crippen LogP contribution in [0.2, 0.25) is 5.02 Å². The topological polar surface area (TPSA) is 69.7 Å². The molecule has 1 aliphatic rings. The molecule has 1 fully saturated rings. The Hall–Kier alpha value is -1.45. The maximum Gasteiger partial charge on any atom is 0.252 e. The van der Waals surface area contributed by atoms with Gasteiger partial charge in [-0.1, -0.05) is 17.7 Å². The van der Waals surface area contributed by atoms with E-state index in [-0.39, 0.29) is 11.9 Å². The summed E-state index contributed by atoms with van der Waals surface area (Å²) in [5.74, 6) is -0.123. The van der Waals surface area contributed by atoms with E-state index in [0.29, 0.717) is 41.1 Å². The number of amides is 1. The van der Waals surface area contributed by atoms with Crippen molar-refractivity contribution >= 4 is 44.6 Å². The van der Waals surface area contributed by atoms with Crippen LogP contribution in [0.5, 0.6) is 0 Å². The van der Waals surface area contributed by atoms with Crippen LogP contribution in [0.1, 0.15) is 6.92 Å².